The predicted octanol–water partition coefficient (Wildman–Crippen LogP) is 15.8. The van der Waals surface area contributed by atoms with Crippen LogP contribution in [-0.2, 0) is 10.8 Å². The molecule has 5 aliphatic rings. The summed E-state index contributed by atoms with van der Waals surface area (Å²) < 4.78 is 0. The zero-order valence-electron chi connectivity index (χ0n) is 35.1. The van der Waals surface area contributed by atoms with Gasteiger partial charge in [-0.2, -0.15) is 0 Å². The lowest BCUT2D eigenvalue weighted by Crippen LogP contribution is -2.33. The van der Waals surface area contributed by atoms with Crippen molar-refractivity contribution in [2.45, 2.75) is 16.7 Å². The number of allylic oxidation sites excluding steroid dienone is 4. The maximum Gasteiger partial charge on any atom is 0.0725 e. The van der Waals surface area contributed by atoms with Gasteiger partial charge < -0.3 is 0 Å². The second kappa shape index (κ2) is 12.4. The maximum atomic E-state index is 2.58. The molecule has 10 aromatic carbocycles. The predicted molar refractivity (Wildman–Crippen MR) is 265 cm³/mol. The van der Waals surface area contributed by atoms with Gasteiger partial charge in [0.2, 0.25) is 0 Å². The molecular formula is C64H40. The van der Waals surface area contributed by atoms with E-state index in [1.54, 1.807) is 0 Å². The fraction of sp³-hybridized carbons (Fsp3) is 0.0625. The van der Waals surface area contributed by atoms with Gasteiger partial charge in [0.05, 0.1) is 10.8 Å². The lowest BCUT2D eigenvalue weighted by Gasteiger charge is -2.36. The van der Waals surface area contributed by atoms with Gasteiger partial charge >= 0.3 is 0 Å². The largest absolute Gasteiger partial charge is 0.0789 e. The molecule has 0 N–H and O–H groups in total. The molecule has 0 amide bonds. The first-order valence-electron chi connectivity index (χ1n) is 22.8. The molecule has 0 aliphatic heterocycles. The molecule has 64 heavy (non-hydrogen) atoms. The van der Waals surface area contributed by atoms with E-state index in [2.05, 4.69) is 231 Å². The standard InChI is InChI=1S/C64H40/c1-2-24-50-49(23-1)61(39-33-35-47-45-21-9-15-31-57(45)63(59(47)37-39)53-27-11-5-17-41(53)42-18-6-12-28-54(42)63)51-25-3-4-26-52(51)62(50)40-34-36-48-46-22-10-16-32-58(46)64(60(48)38-40)55-29-13-7-19-43(55)44-20-8-14-30-56(44)64/h1-38,41,53H. The lowest BCUT2D eigenvalue weighted by atomic mass is 9.65. The summed E-state index contributed by atoms with van der Waals surface area (Å²) in [5, 5.41) is 5.11. The molecule has 296 valence electrons. The Bertz CT molecular complexity index is 3640. The molecule has 3 unspecified atom stereocenters. The van der Waals surface area contributed by atoms with E-state index < -0.39 is 5.41 Å². The Morgan fingerprint density at radius 1 is 0.297 bits per heavy atom. The molecule has 15 rings (SSSR count). The van der Waals surface area contributed by atoms with Gasteiger partial charge in [0.1, 0.15) is 0 Å². The van der Waals surface area contributed by atoms with E-state index in [0.717, 1.165) is 0 Å². The van der Waals surface area contributed by atoms with Crippen LogP contribution >= 0.6 is 0 Å². The third-order valence-corrected chi connectivity index (χ3v) is 16.0. The lowest BCUT2D eigenvalue weighted by molar-refractivity contribution is 0.465. The van der Waals surface area contributed by atoms with Gasteiger partial charge in [0, 0.05) is 11.8 Å². The minimum atomic E-state index is -0.403. The average Bonchev–Trinajstić information content (AvgIpc) is 4.04. The van der Waals surface area contributed by atoms with Crippen molar-refractivity contribution in [1.29, 1.82) is 0 Å². The van der Waals surface area contributed by atoms with E-state index in [4.69, 9.17) is 0 Å². The van der Waals surface area contributed by atoms with E-state index in [0.29, 0.717) is 5.92 Å². The van der Waals surface area contributed by atoms with Crippen LogP contribution in [0.2, 0.25) is 0 Å². The minimum absolute atomic E-state index is 0.286. The van der Waals surface area contributed by atoms with Gasteiger partial charge in [-0.1, -0.05) is 218 Å². The van der Waals surface area contributed by atoms with Crippen molar-refractivity contribution >= 4 is 21.5 Å². The summed E-state index contributed by atoms with van der Waals surface area (Å²) in [5.74, 6) is 0.617. The fourth-order valence-electron chi connectivity index (χ4n) is 13.8. The number of hydrogen-bond donors (Lipinski definition) is 0. The van der Waals surface area contributed by atoms with Crippen LogP contribution in [0.5, 0.6) is 0 Å². The molecule has 0 aromatic heterocycles. The Balaban J connectivity index is 0.990. The highest BCUT2D eigenvalue weighted by atomic mass is 14.6. The number of rotatable bonds is 2. The van der Waals surface area contributed by atoms with Crippen molar-refractivity contribution in [2.75, 3.05) is 0 Å². The van der Waals surface area contributed by atoms with Crippen LogP contribution in [0, 0.1) is 5.92 Å². The van der Waals surface area contributed by atoms with Gasteiger partial charge in [-0.15, -0.1) is 0 Å². The molecular weight excluding hydrogens is 769 g/mol. The monoisotopic (exact) mass is 808 g/mol. The maximum absolute atomic E-state index is 2.58. The van der Waals surface area contributed by atoms with Crippen molar-refractivity contribution in [3.63, 3.8) is 0 Å². The summed E-state index contributed by atoms with van der Waals surface area (Å²) in [6.07, 6.45) is 9.46. The van der Waals surface area contributed by atoms with Crippen molar-refractivity contribution < 1.29 is 0 Å². The second-order valence-corrected chi connectivity index (χ2v) is 18.5. The quantitative estimate of drug-likeness (QED) is 0.153. The van der Waals surface area contributed by atoms with Gasteiger partial charge in [-0.25, -0.2) is 0 Å². The smallest absolute Gasteiger partial charge is 0.0725 e. The van der Waals surface area contributed by atoms with Crippen LogP contribution in [0.4, 0.5) is 0 Å². The Morgan fingerprint density at radius 3 is 1.23 bits per heavy atom. The van der Waals surface area contributed by atoms with Gasteiger partial charge in [0.25, 0.3) is 0 Å². The van der Waals surface area contributed by atoms with Crippen LogP contribution < -0.4 is 0 Å². The Kier molecular flexibility index (Phi) is 6.75. The zero-order chi connectivity index (χ0) is 41.7. The first-order chi connectivity index (χ1) is 31.8. The molecule has 2 spiro atoms. The third kappa shape index (κ3) is 4.07. The summed E-state index contributed by atoms with van der Waals surface area (Å²) in [6.45, 7) is 0. The van der Waals surface area contributed by atoms with Crippen LogP contribution in [0.25, 0.3) is 77.2 Å². The van der Waals surface area contributed by atoms with E-state index in [1.165, 1.54) is 122 Å². The summed E-state index contributed by atoms with van der Waals surface area (Å²) in [6, 6.07) is 79.0. The number of hydrogen-bond acceptors (Lipinski definition) is 0. The molecule has 0 heterocycles. The van der Waals surface area contributed by atoms with E-state index in [-0.39, 0.29) is 11.3 Å². The van der Waals surface area contributed by atoms with Crippen molar-refractivity contribution in [1.82, 2.24) is 0 Å². The normalized spacial score (nSPS) is 19.3. The van der Waals surface area contributed by atoms with Gasteiger partial charge in [0.15, 0.2) is 0 Å². The van der Waals surface area contributed by atoms with E-state index in [9.17, 15) is 0 Å². The van der Waals surface area contributed by atoms with E-state index in [1.807, 2.05) is 0 Å². The molecule has 0 bridgehead atoms. The van der Waals surface area contributed by atoms with Gasteiger partial charge in [-0.05, 0) is 134 Å². The molecule has 0 fully saturated rings. The second-order valence-electron chi connectivity index (χ2n) is 18.5. The number of benzene rings is 10. The highest BCUT2D eigenvalue weighted by molar-refractivity contribution is 6.21. The van der Waals surface area contributed by atoms with E-state index >= 15 is 0 Å². The molecule has 10 aromatic rings. The van der Waals surface area contributed by atoms with Crippen molar-refractivity contribution in [3.05, 3.63) is 275 Å². The zero-order valence-corrected chi connectivity index (χ0v) is 35.1. The molecule has 0 saturated carbocycles. The van der Waals surface area contributed by atoms with Crippen LogP contribution in [0.3, 0.4) is 0 Å². The van der Waals surface area contributed by atoms with Crippen molar-refractivity contribution in [2.24, 2.45) is 5.92 Å². The summed E-state index contributed by atoms with van der Waals surface area (Å²) in [5.41, 5.74) is 23.7. The Hall–Kier alpha value is -7.80. The first-order valence-corrected chi connectivity index (χ1v) is 22.8. The minimum Gasteiger partial charge on any atom is -0.0789 e. The van der Waals surface area contributed by atoms with Gasteiger partial charge in [-0.3, -0.25) is 0 Å². The highest BCUT2D eigenvalue weighted by Crippen LogP contribution is 2.66. The summed E-state index contributed by atoms with van der Waals surface area (Å²) >= 11 is 0. The summed E-state index contributed by atoms with van der Waals surface area (Å²) in [7, 11) is 0. The third-order valence-electron chi connectivity index (χ3n) is 16.0. The molecule has 0 nitrogen and oxygen atoms in total. The SMILES string of the molecule is C1=CC2c3ccccc3C3(c4ccccc4-c4ccc(-c5c6ccccc6c(-c6ccc7c(c6)C6(c8ccccc8-c8ccccc86)c6ccccc6-7)c6ccccc56)cc43)C2C=C1. The Morgan fingerprint density at radius 2 is 0.688 bits per heavy atom. The molecule has 0 heteroatoms. The molecule has 0 saturated heterocycles. The first kappa shape index (κ1) is 34.7. The molecule has 0 radical (unpaired) electrons. The molecule has 3 atom stereocenters. The van der Waals surface area contributed by atoms with Crippen LogP contribution in [0.15, 0.2) is 231 Å². The summed E-state index contributed by atoms with van der Waals surface area (Å²) in [4.78, 5) is 0. The van der Waals surface area contributed by atoms with Crippen LogP contribution in [0.1, 0.15) is 50.4 Å². The number of fused-ring (bicyclic) bond motifs is 22. The highest BCUT2D eigenvalue weighted by Gasteiger charge is 2.57. The Labute approximate surface area is 373 Å². The van der Waals surface area contributed by atoms with Crippen LogP contribution in [-0.4, -0.2) is 0 Å². The topological polar surface area (TPSA) is 0 Å². The average molecular weight is 809 g/mol. The fourth-order valence-corrected chi connectivity index (χ4v) is 13.8. The molecule has 5 aliphatic carbocycles. The van der Waals surface area contributed by atoms with Crippen molar-refractivity contribution in [3.8, 4) is 55.6 Å².